The molecule has 32 heavy (non-hydrogen) atoms. The molecule has 2 heterocycles. The summed E-state index contributed by atoms with van der Waals surface area (Å²) < 4.78 is 40.8. The summed E-state index contributed by atoms with van der Waals surface area (Å²) in [5.74, 6) is -0.0685. The van der Waals surface area contributed by atoms with Gasteiger partial charge in [-0.3, -0.25) is 4.79 Å². The minimum atomic E-state index is -4.41. The lowest BCUT2D eigenvalue weighted by Gasteiger charge is -2.28. The van der Waals surface area contributed by atoms with Gasteiger partial charge in [-0.1, -0.05) is 12.1 Å². The van der Waals surface area contributed by atoms with E-state index in [1.165, 1.54) is 22.8 Å². The first-order valence-electron chi connectivity index (χ1n) is 10.1. The first-order valence-corrected chi connectivity index (χ1v) is 10.8. The molecule has 2 N–H and O–H groups in total. The quantitative estimate of drug-likeness (QED) is 0.453. The summed E-state index contributed by atoms with van der Waals surface area (Å²) in [5, 5.41) is 6.74. The number of nitroso groups, excluding NO2 is 1. The van der Waals surface area contributed by atoms with Crippen molar-refractivity contribution >= 4 is 33.3 Å². The summed E-state index contributed by atoms with van der Waals surface area (Å²) in [7, 11) is 0. The number of anilines is 1. The Morgan fingerprint density at radius 2 is 1.84 bits per heavy atom. The third kappa shape index (κ3) is 4.25. The highest BCUT2D eigenvalue weighted by molar-refractivity contribution is 9.10. The fourth-order valence-corrected chi connectivity index (χ4v) is 4.83. The number of alkyl halides is 3. The minimum Gasteiger partial charge on any atom is -0.383 e. The SMILES string of the molecule is Nc1c(Br)c(C2CCC(CC(=O)N=O)CC2)nc2c(-c3ccc(C(F)(F)F)cc3)cnn12. The molecule has 1 fully saturated rings. The number of carbonyl (C=O) groups excluding carboxylic acids is 1. The van der Waals surface area contributed by atoms with Gasteiger partial charge in [-0.25, -0.2) is 4.98 Å². The Kier molecular flexibility index (Phi) is 6.02. The van der Waals surface area contributed by atoms with Crippen LogP contribution in [0.25, 0.3) is 16.8 Å². The number of nitrogen functional groups attached to an aromatic ring is 1. The van der Waals surface area contributed by atoms with Gasteiger partial charge in [0.05, 0.1) is 21.9 Å². The third-order valence-corrected chi connectivity index (χ3v) is 6.78. The average molecular weight is 510 g/mol. The highest BCUT2D eigenvalue weighted by Crippen LogP contribution is 2.41. The van der Waals surface area contributed by atoms with Gasteiger partial charge in [0.1, 0.15) is 5.82 Å². The maximum absolute atomic E-state index is 12.9. The molecule has 0 aliphatic heterocycles. The van der Waals surface area contributed by atoms with Gasteiger partial charge in [0, 0.05) is 23.1 Å². The second kappa shape index (κ2) is 8.61. The summed E-state index contributed by atoms with van der Waals surface area (Å²) >= 11 is 3.52. The zero-order valence-electron chi connectivity index (χ0n) is 16.8. The highest BCUT2D eigenvalue weighted by atomic mass is 79.9. The number of rotatable bonds is 4. The third-order valence-electron chi connectivity index (χ3n) is 5.97. The van der Waals surface area contributed by atoms with Crippen LogP contribution in [-0.2, 0) is 11.0 Å². The fourth-order valence-electron chi connectivity index (χ4n) is 4.25. The van der Waals surface area contributed by atoms with Gasteiger partial charge in [0.25, 0.3) is 5.91 Å². The molecule has 0 saturated heterocycles. The molecule has 0 spiro atoms. The first kappa shape index (κ1) is 22.4. The number of aromatic nitrogens is 3. The summed E-state index contributed by atoms with van der Waals surface area (Å²) in [4.78, 5) is 26.5. The van der Waals surface area contributed by atoms with Gasteiger partial charge in [0.15, 0.2) is 5.65 Å². The molecule has 0 bridgehead atoms. The Labute approximate surface area is 189 Å². The van der Waals surface area contributed by atoms with Crippen molar-refractivity contribution in [2.45, 2.75) is 44.2 Å². The lowest BCUT2D eigenvalue weighted by atomic mass is 9.79. The molecule has 1 amide bonds. The number of nitrogens with zero attached hydrogens (tertiary/aromatic N) is 4. The molecule has 3 aromatic rings. The fraction of sp³-hybridized carbons (Fsp3) is 0.381. The Hall–Kier alpha value is -2.82. The van der Waals surface area contributed by atoms with Crippen LogP contribution in [0.2, 0.25) is 0 Å². The van der Waals surface area contributed by atoms with Crippen molar-refractivity contribution in [2.24, 2.45) is 11.1 Å². The van der Waals surface area contributed by atoms with E-state index in [-0.39, 0.29) is 18.3 Å². The van der Waals surface area contributed by atoms with Crippen molar-refractivity contribution in [1.29, 1.82) is 0 Å². The number of benzene rings is 1. The summed E-state index contributed by atoms with van der Waals surface area (Å²) in [6, 6.07) is 4.84. The molecule has 4 rings (SSSR count). The minimum absolute atomic E-state index is 0.0857. The highest BCUT2D eigenvalue weighted by Gasteiger charge is 2.31. The van der Waals surface area contributed by atoms with E-state index in [9.17, 15) is 22.9 Å². The van der Waals surface area contributed by atoms with E-state index < -0.39 is 17.6 Å². The molecule has 1 aromatic carbocycles. The van der Waals surface area contributed by atoms with Crippen LogP contribution < -0.4 is 5.73 Å². The number of halogens is 4. The van der Waals surface area contributed by atoms with Gasteiger partial charge in [0.2, 0.25) is 0 Å². The van der Waals surface area contributed by atoms with Crippen LogP contribution in [0.1, 0.15) is 49.3 Å². The molecular formula is C21H19BrF3N5O2. The molecule has 1 saturated carbocycles. The van der Waals surface area contributed by atoms with Gasteiger partial charge in [-0.2, -0.15) is 22.8 Å². The zero-order chi connectivity index (χ0) is 23.0. The molecule has 0 unspecified atom stereocenters. The Morgan fingerprint density at radius 3 is 2.44 bits per heavy atom. The van der Waals surface area contributed by atoms with E-state index in [1.54, 1.807) is 0 Å². The van der Waals surface area contributed by atoms with Gasteiger partial charge in [-0.15, -0.1) is 4.91 Å². The van der Waals surface area contributed by atoms with E-state index in [0.717, 1.165) is 43.5 Å². The molecule has 0 atom stereocenters. The maximum Gasteiger partial charge on any atom is 0.416 e. The normalized spacial score (nSPS) is 19.2. The first-order chi connectivity index (χ1) is 15.2. The molecule has 11 heteroatoms. The summed E-state index contributed by atoms with van der Waals surface area (Å²) in [5.41, 5.74) is 7.90. The van der Waals surface area contributed by atoms with Crippen LogP contribution in [0.4, 0.5) is 19.0 Å². The number of fused-ring (bicyclic) bond motifs is 1. The van der Waals surface area contributed by atoms with Crippen molar-refractivity contribution in [3.05, 3.63) is 51.1 Å². The van der Waals surface area contributed by atoms with E-state index in [1.807, 2.05) is 0 Å². The molecule has 7 nitrogen and oxygen atoms in total. The van der Waals surface area contributed by atoms with Crippen molar-refractivity contribution in [1.82, 2.24) is 14.6 Å². The van der Waals surface area contributed by atoms with Crippen LogP contribution in [-0.4, -0.2) is 20.5 Å². The molecule has 2 aromatic heterocycles. The van der Waals surface area contributed by atoms with E-state index in [2.05, 4.69) is 26.2 Å². The molecule has 0 radical (unpaired) electrons. The Balaban J connectivity index is 1.65. The van der Waals surface area contributed by atoms with Crippen LogP contribution in [0.15, 0.2) is 40.1 Å². The van der Waals surface area contributed by atoms with Crippen molar-refractivity contribution in [2.75, 3.05) is 5.73 Å². The van der Waals surface area contributed by atoms with Crippen molar-refractivity contribution in [3.8, 4) is 11.1 Å². The smallest absolute Gasteiger partial charge is 0.383 e. The van der Waals surface area contributed by atoms with Crippen molar-refractivity contribution < 1.29 is 18.0 Å². The van der Waals surface area contributed by atoms with Gasteiger partial charge < -0.3 is 5.73 Å². The topological polar surface area (TPSA) is 103 Å². The van der Waals surface area contributed by atoms with Gasteiger partial charge >= 0.3 is 6.18 Å². The molecule has 1 aliphatic carbocycles. The Bertz CT molecular complexity index is 1170. The largest absolute Gasteiger partial charge is 0.416 e. The van der Waals surface area contributed by atoms with E-state index in [0.29, 0.717) is 27.1 Å². The number of hydrogen-bond donors (Lipinski definition) is 1. The standard InChI is InChI=1S/C21H19BrF3N5O2/c22-17-18(13-3-1-11(2-4-13)9-16(31)29-32)28-20-15(10-27-30(20)19(17)26)12-5-7-14(8-6-12)21(23,24)25/h5-8,10-11,13H,1-4,9,26H2. The monoisotopic (exact) mass is 509 g/mol. The second-order valence-electron chi connectivity index (χ2n) is 7.97. The maximum atomic E-state index is 12.9. The average Bonchev–Trinajstić information content (AvgIpc) is 3.20. The summed E-state index contributed by atoms with van der Waals surface area (Å²) in [6.45, 7) is 0. The predicted molar refractivity (Wildman–Crippen MR) is 116 cm³/mol. The zero-order valence-corrected chi connectivity index (χ0v) is 18.4. The molecule has 1 aliphatic rings. The van der Waals surface area contributed by atoms with Gasteiger partial charge in [-0.05, 0) is 65.2 Å². The lowest BCUT2D eigenvalue weighted by molar-refractivity contribution is -0.137. The number of nitrogens with two attached hydrogens (primary N) is 1. The van der Waals surface area contributed by atoms with Crippen LogP contribution in [0.3, 0.4) is 0 Å². The van der Waals surface area contributed by atoms with Crippen LogP contribution >= 0.6 is 15.9 Å². The van der Waals surface area contributed by atoms with Crippen LogP contribution in [0, 0.1) is 10.8 Å². The number of carbonyl (C=O) groups is 1. The van der Waals surface area contributed by atoms with E-state index >= 15 is 0 Å². The van der Waals surface area contributed by atoms with Crippen molar-refractivity contribution in [3.63, 3.8) is 0 Å². The predicted octanol–water partition coefficient (Wildman–Crippen LogP) is 5.72. The van der Waals surface area contributed by atoms with Crippen LogP contribution in [0.5, 0.6) is 0 Å². The summed E-state index contributed by atoms with van der Waals surface area (Å²) in [6.07, 6.45) is 0.334. The number of hydrogen-bond acceptors (Lipinski definition) is 5. The van der Waals surface area contributed by atoms with E-state index in [4.69, 9.17) is 10.7 Å². The molecular weight excluding hydrogens is 491 g/mol. The second-order valence-corrected chi connectivity index (χ2v) is 8.76. The molecule has 168 valence electrons. The lowest BCUT2D eigenvalue weighted by Crippen LogP contribution is -2.18. The Morgan fingerprint density at radius 1 is 1.19 bits per heavy atom. The number of amides is 1.